The summed E-state index contributed by atoms with van der Waals surface area (Å²) in [6.07, 6.45) is 0.550. The van der Waals surface area contributed by atoms with Crippen molar-refractivity contribution in [1.29, 1.82) is 0 Å². The van der Waals surface area contributed by atoms with Gasteiger partial charge in [-0.15, -0.1) is 0 Å². The Balaban J connectivity index is 1.82. The van der Waals surface area contributed by atoms with E-state index in [1.165, 1.54) is 0 Å². The molecule has 218 valence electrons. The molecule has 4 rings (SSSR count). The molecule has 9 nitrogen and oxygen atoms in total. The van der Waals surface area contributed by atoms with Crippen LogP contribution in [0.25, 0.3) is 0 Å². The molecule has 42 heavy (non-hydrogen) atoms. The fraction of sp³-hybridized carbons (Fsp3) is 0.303. The monoisotopic (exact) mass is 567 g/mol. The molecular formula is C33H37N5O4. The standard InChI is InChI=1S/C33H37N5O4/c1-32(2,3)41-30(39)37-26-19-12-17-24(35-26)29(25-18-13-20-27(36-25)38-31(40)42-33(4,5)6)28(22-14-8-7-9-15-22)23-16-10-11-21-34-23/h7-21,28-29H,1-6H3,(H,35,37,39)(H,36,38,40). The van der Waals surface area contributed by atoms with Crippen LogP contribution in [0, 0.1) is 0 Å². The fourth-order valence-electron chi connectivity index (χ4n) is 4.45. The molecule has 0 fully saturated rings. The lowest BCUT2D eigenvalue weighted by Crippen LogP contribution is -2.28. The Hall–Kier alpha value is -4.79. The SMILES string of the molecule is CC(C)(C)OC(=O)Nc1cccc(C(c2cccc(NC(=O)OC(C)(C)C)n2)C(c2ccccc2)c2ccccn2)n1. The van der Waals surface area contributed by atoms with Crippen LogP contribution >= 0.6 is 0 Å². The molecule has 2 N–H and O–H groups in total. The zero-order valence-electron chi connectivity index (χ0n) is 24.8. The maximum absolute atomic E-state index is 12.6. The first-order valence-electron chi connectivity index (χ1n) is 13.8. The molecule has 0 saturated carbocycles. The second-order valence-corrected chi connectivity index (χ2v) is 11.8. The molecular weight excluding hydrogens is 530 g/mol. The van der Waals surface area contributed by atoms with Gasteiger partial charge in [0.1, 0.15) is 22.8 Å². The van der Waals surface area contributed by atoms with E-state index in [-0.39, 0.29) is 5.92 Å². The molecule has 1 aromatic carbocycles. The van der Waals surface area contributed by atoms with Crippen molar-refractivity contribution in [3.63, 3.8) is 0 Å². The van der Waals surface area contributed by atoms with E-state index in [0.29, 0.717) is 23.0 Å². The lowest BCUT2D eigenvalue weighted by Gasteiger charge is -2.28. The molecule has 4 aromatic rings. The van der Waals surface area contributed by atoms with Crippen molar-refractivity contribution < 1.29 is 19.1 Å². The summed E-state index contributed by atoms with van der Waals surface area (Å²) in [5.41, 5.74) is 1.78. The van der Waals surface area contributed by atoms with Gasteiger partial charge in [0.25, 0.3) is 0 Å². The summed E-state index contributed by atoms with van der Waals surface area (Å²) in [6.45, 7) is 10.8. The highest BCUT2D eigenvalue weighted by Gasteiger charge is 2.32. The topological polar surface area (TPSA) is 115 Å². The number of carbonyl (C=O) groups is 2. The fourth-order valence-corrected chi connectivity index (χ4v) is 4.45. The van der Waals surface area contributed by atoms with Crippen molar-refractivity contribution in [2.24, 2.45) is 0 Å². The minimum atomic E-state index is -0.660. The smallest absolute Gasteiger partial charge is 0.413 e. The quantitative estimate of drug-likeness (QED) is 0.237. The number of aromatic nitrogens is 3. The number of ether oxygens (including phenoxy) is 2. The molecule has 0 bridgehead atoms. The summed E-state index contributed by atoms with van der Waals surface area (Å²) in [5, 5.41) is 5.48. The van der Waals surface area contributed by atoms with Crippen LogP contribution in [0.4, 0.5) is 21.2 Å². The number of anilines is 2. The van der Waals surface area contributed by atoms with E-state index in [1.54, 1.807) is 59.9 Å². The number of hydrogen-bond donors (Lipinski definition) is 2. The Morgan fingerprint density at radius 1 is 0.595 bits per heavy atom. The zero-order valence-corrected chi connectivity index (χ0v) is 24.8. The van der Waals surface area contributed by atoms with Crippen molar-refractivity contribution in [3.8, 4) is 0 Å². The number of benzene rings is 1. The highest BCUT2D eigenvalue weighted by Crippen LogP contribution is 2.41. The number of nitrogens with one attached hydrogen (secondary N) is 2. The van der Waals surface area contributed by atoms with Crippen LogP contribution < -0.4 is 10.6 Å². The molecule has 0 aliphatic carbocycles. The maximum atomic E-state index is 12.6. The third-order valence-electron chi connectivity index (χ3n) is 5.94. The summed E-state index contributed by atoms with van der Waals surface area (Å²) >= 11 is 0. The van der Waals surface area contributed by atoms with Gasteiger partial charge in [-0.1, -0.05) is 48.5 Å². The molecule has 3 aromatic heterocycles. The van der Waals surface area contributed by atoms with E-state index in [4.69, 9.17) is 24.4 Å². The average molecular weight is 568 g/mol. The van der Waals surface area contributed by atoms with Gasteiger partial charge in [-0.2, -0.15) is 0 Å². The van der Waals surface area contributed by atoms with Gasteiger partial charge in [-0.05, 0) is 83.5 Å². The summed E-state index contributed by atoms with van der Waals surface area (Å²) in [6, 6.07) is 26.6. The van der Waals surface area contributed by atoms with Crippen LogP contribution in [0.15, 0.2) is 91.1 Å². The molecule has 9 heteroatoms. The summed E-state index contributed by atoms with van der Waals surface area (Å²) in [4.78, 5) is 39.5. The van der Waals surface area contributed by atoms with E-state index < -0.39 is 29.3 Å². The van der Waals surface area contributed by atoms with E-state index in [0.717, 1.165) is 11.3 Å². The van der Waals surface area contributed by atoms with E-state index in [1.807, 2.05) is 72.8 Å². The minimum Gasteiger partial charge on any atom is -0.444 e. The lowest BCUT2D eigenvalue weighted by atomic mass is 9.79. The van der Waals surface area contributed by atoms with Crippen LogP contribution in [0.3, 0.4) is 0 Å². The largest absolute Gasteiger partial charge is 0.444 e. The van der Waals surface area contributed by atoms with E-state index in [2.05, 4.69) is 10.6 Å². The van der Waals surface area contributed by atoms with Crippen molar-refractivity contribution in [1.82, 2.24) is 15.0 Å². The Labute approximate surface area is 246 Å². The lowest BCUT2D eigenvalue weighted by molar-refractivity contribution is 0.0624. The van der Waals surface area contributed by atoms with Gasteiger partial charge in [-0.3, -0.25) is 15.6 Å². The predicted octanol–water partition coefficient (Wildman–Crippen LogP) is 7.53. The molecule has 0 aliphatic rings. The van der Waals surface area contributed by atoms with Gasteiger partial charge in [0.2, 0.25) is 0 Å². The molecule has 0 saturated heterocycles. The van der Waals surface area contributed by atoms with Crippen LogP contribution in [-0.4, -0.2) is 38.3 Å². The minimum absolute atomic E-state index is 0.305. The van der Waals surface area contributed by atoms with Gasteiger partial charge in [0.05, 0.1) is 17.3 Å². The van der Waals surface area contributed by atoms with Crippen LogP contribution in [0.1, 0.15) is 76.0 Å². The average Bonchev–Trinajstić information content (AvgIpc) is 2.90. The van der Waals surface area contributed by atoms with Crippen LogP contribution in [-0.2, 0) is 9.47 Å². The molecule has 2 amide bonds. The van der Waals surface area contributed by atoms with Crippen molar-refractivity contribution in [2.75, 3.05) is 10.6 Å². The number of hydrogen-bond acceptors (Lipinski definition) is 7. The number of rotatable bonds is 7. The number of carbonyl (C=O) groups excluding carboxylic acids is 2. The first-order chi connectivity index (χ1) is 19.9. The third kappa shape index (κ3) is 8.60. The Bertz CT molecular complexity index is 1390. The summed E-state index contributed by atoms with van der Waals surface area (Å²) in [5.74, 6) is -0.0886. The van der Waals surface area contributed by atoms with Crippen molar-refractivity contribution in [3.05, 3.63) is 114 Å². The highest BCUT2D eigenvalue weighted by atomic mass is 16.6. The van der Waals surface area contributed by atoms with E-state index >= 15 is 0 Å². The number of amides is 2. The summed E-state index contributed by atoms with van der Waals surface area (Å²) < 4.78 is 10.9. The second-order valence-electron chi connectivity index (χ2n) is 11.8. The molecule has 0 spiro atoms. The second kappa shape index (κ2) is 12.8. The van der Waals surface area contributed by atoms with Gasteiger partial charge in [0.15, 0.2) is 0 Å². The van der Waals surface area contributed by atoms with Crippen molar-refractivity contribution in [2.45, 2.75) is 64.6 Å². The first-order valence-corrected chi connectivity index (χ1v) is 13.8. The Kier molecular flexibility index (Phi) is 9.20. The normalized spacial score (nSPS) is 12.4. The highest BCUT2D eigenvalue weighted by molar-refractivity contribution is 5.84. The van der Waals surface area contributed by atoms with Gasteiger partial charge >= 0.3 is 12.2 Å². The first kappa shape index (κ1) is 30.2. The molecule has 0 radical (unpaired) electrons. The van der Waals surface area contributed by atoms with Gasteiger partial charge < -0.3 is 9.47 Å². The van der Waals surface area contributed by atoms with Crippen molar-refractivity contribution >= 4 is 23.8 Å². The van der Waals surface area contributed by atoms with Gasteiger partial charge in [0, 0.05) is 17.8 Å². The van der Waals surface area contributed by atoms with E-state index in [9.17, 15) is 9.59 Å². The maximum Gasteiger partial charge on any atom is 0.413 e. The van der Waals surface area contributed by atoms with Crippen LogP contribution in [0.5, 0.6) is 0 Å². The molecule has 1 unspecified atom stereocenters. The number of nitrogens with zero attached hydrogens (tertiary/aromatic N) is 3. The number of pyridine rings is 3. The van der Waals surface area contributed by atoms with Crippen LogP contribution in [0.2, 0.25) is 0 Å². The molecule has 0 aliphatic heterocycles. The predicted molar refractivity (Wildman–Crippen MR) is 163 cm³/mol. The summed E-state index contributed by atoms with van der Waals surface area (Å²) in [7, 11) is 0. The molecule has 3 heterocycles. The zero-order chi connectivity index (χ0) is 30.3. The van der Waals surface area contributed by atoms with Gasteiger partial charge in [-0.25, -0.2) is 19.6 Å². The Morgan fingerprint density at radius 3 is 1.52 bits per heavy atom. The third-order valence-corrected chi connectivity index (χ3v) is 5.94. The molecule has 1 atom stereocenters. The Morgan fingerprint density at radius 2 is 1.07 bits per heavy atom.